The van der Waals surface area contributed by atoms with Crippen LogP contribution in [0.5, 0.6) is 0 Å². The molecule has 0 aliphatic heterocycles. The van der Waals surface area contributed by atoms with E-state index >= 15 is 0 Å². The lowest BCUT2D eigenvalue weighted by molar-refractivity contribution is -0.00456. The normalized spacial score (nSPS) is 11.8. The number of nitrogens with zero attached hydrogens (tertiary/aromatic N) is 1. The van der Waals surface area contributed by atoms with Gasteiger partial charge in [-0.3, -0.25) is 0 Å². The second kappa shape index (κ2) is 5.03. The van der Waals surface area contributed by atoms with Crippen LogP contribution in [0.25, 0.3) is 11.0 Å². The Morgan fingerprint density at radius 2 is 2.21 bits per heavy atom. The van der Waals surface area contributed by atoms with Gasteiger partial charge in [0, 0.05) is 17.3 Å². The van der Waals surface area contributed by atoms with Crippen LogP contribution in [0.15, 0.2) is 18.3 Å². The van der Waals surface area contributed by atoms with Crippen molar-refractivity contribution >= 4 is 17.0 Å². The van der Waals surface area contributed by atoms with E-state index in [0.717, 1.165) is 29.6 Å². The zero-order valence-corrected chi connectivity index (χ0v) is 11.9. The number of fused-ring (bicyclic) bond motifs is 1. The molecule has 1 N–H and O–H groups in total. The van der Waals surface area contributed by atoms with Gasteiger partial charge in [-0.05, 0) is 39.3 Å². The van der Waals surface area contributed by atoms with Crippen molar-refractivity contribution in [3.8, 4) is 0 Å². The summed E-state index contributed by atoms with van der Waals surface area (Å²) in [6.07, 6.45) is 3.53. The molecule has 0 fully saturated rings. The summed E-state index contributed by atoms with van der Waals surface area (Å²) in [6, 6.07) is 3.71. The smallest absolute Gasteiger partial charge is 0.341 e. The molecule has 4 nitrogen and oxygen atoms in total. The molecule has 0 unspecified atom stereocenters. The third-order valence-electron chi connectivity index (χ3n) is 3.18. The average molecular weight is 260 g/mol. The number of hydrogen-bond donors (Lipinski definition) is 1. The maximum absolute atomic E-state index is 12.4. The molecule has 102 valence electrons. The lowest BCUT2D eigenvalue weighted by Crippen LogP contribution is -2.28. The zero-order chi connectivity index (χ0) is 14.0. The van der Waals surface area contributed by atoms with Crippen LogP contribution in [0.4, 0.5) is 0 Å². The van der Waals surface area contributed by atoms with Crippen LogP contribution < -0.4 is 0 Å². The van der Waals surface area contributed by atoms with E-state index in [-0.39, 0.29) is 5.97 Å². The molecule has 2 heterocycles. The maximum Gasteiger partial charge on any atom is 0.341 e. The Bertz CT molecular complexity index is 599. The molecule has 0 radical (unpaired) electrons. The SMILES string of the molecule is CCCC(C)(C)OC(=O)c1c(C)[nH]c2ncccc12. The molecular weight excluding hydrogens is 240 g/mol. The topological polar surface area (TPSA) is 55.0 Å². The number of rotatable bonds is 4. The highest BCUT2D eigenvalue weighted by Crippen LogP contribution is 2.25. The van der Waals surface area contributed by atoms with Gasteiger partial charge in [0.25, 0.3) is 0 Å². The summed E-state index contributed by atoms with van der Waals surface area (Å²) in [7, 11) is 0. The molecule has 0 aliphatic rings. The molecule has 19 heavy (non-hydrogen) atoms. The van der Waals surface area contributed by atoms with E-state index in [2.05, 4.69) is 16.9 Å². The number of aryl methyl sites for hydroxylation is 1. The van der Waals surface area contributed by atoms with Gasteiger partial charge >= 0.3 is 5.97 Å². The molecule has 0 spiro atoms. The molecule has 0 amide bonds. The summed E-state index contributed by atoms with van der Waals surface area (Å²) in [5.74, 6) is -0.282. The van der Waals surface area contributed by atoms with Crippen molar-refractivity contribution in [3.05, 3.63) is 29.6 Å². The van der Waals surface area contributed by atoms with Crippen LogP contribution in [-0.2, 0) is 4.74 Å². The first kappa shape index (κ1) is 13.6. The number of ether oxygens (including phenoxy) is 1. The summed E-state index contributed by atoms with van der Waals surface area (Å²) < 4.78 is 5.62. The minimum absolute atomic E-state index is 0.282. The van der Waals surface area contributed by atoms with Gasteiger partial charge in [-0.15, -0.1) is 0 Å². The zero-order valence-electron chi connectivity index (χ0n) is 11.9. The fourth-order valence-electron chi connectivity index (χ4n) is 2.37. The number of nitrogens with one attached hydrogen (secondary N) is 1. The van der Waals surface area contributed by atoms with Crippen molar-refractivity contribution in [1.82, 2.24) is 9.97 Å². The molecule has 0 atom stereocenters. The Morgan fingerprint density at radius 3 is 2.89 bits per heavy atom. The summed E-state index contributed by atoms with van der Waals surface area (Å²) in [6.45, 7) is 7.83. The second-order valence-corrected chi connectivity index (χ2v) is 5.42. The highest BCUT2D eigenvalue weighted by atomic mass is 16.6. The lowest BCUT2D eigenvalue weighted by Gasteiger charge is -2.24. The second-order valence-electron chi connectivity index (χ2n) is 5.42. The monoisotopic (exact) mass is 260 g/mol. The van der Waals surface area contributed by atoms with Crippen LogP contribution in [-0.4, -0.2) is 21.5 Å². The van der Waals surface area contributed by atoms with Crippen LogP contribution in [0.1, 0.15) is 49.7 Å². The van der Waals surface area contributed by atoms with Gasteiger partial charge in [-0.25, -0.2) is 9.78 Å². The summed E-state index contributed by atoms with van der Waals surface area (Å²) in [5, 5.41) is 0.817. The molecule has 0 bridgehead atoms. The Balaban J connectivity index is 2.34. The van der Waals surface area contributed by atoms with Crippen molar-refractivity contribution in [1.29, 1.82) is 0 Å². The third-order valence-corrected chi connectivity index (χ3v) is 3.18. The Kier molecular flexibility index (Phi) is 3.60. The quantitative estimate of drug-likeness (QED) is 0.854. The highest BCUT2D eigenvalue weighted by Gasteiger charge is 2.25. The molecule has 0 aromatic carbocycles. The van der Waals surface area contributed by atoms with Crippen LogP contribution >= 0.6 is 0 Å². The van der Waals surface area contributed by atoms with Crippen molar-refractivity contribution in [2.75, 3.05) is 0 Å². The third kappa shape index (κ3) is 2.78. The number of carbonyl (C=O) groups excluding carboxylic acids is 1. The van der Waals surface area contributed by atoms with E-state index in [1.165, 1.54) is 0 Å². The minimum atomic E-state index is -0.440. The predicted octanol–water partition coefficient (Wildman–Crippen LogP) is 3.61. The first-order valence-electron chi connectivity index (χ1n) is 6.61. The van der Waals surface area contributed by atoms with Crippen molar-refractivity contribution < 1.29 is 9.53 Å². The Morgan fingerprint density at radius 1 is 1.47 bits per heavy atom. The van der Waals surface area contributed by atoms with Crippen LogP contribution in [0.2, 0.25) is 0 Å². The van der Waals surface area contributed by atoms with Crippen LogP contribution in [0.3, 0.4) is 0 Å². The fourth-order valence-corrected chi connectivity index (χ4v) is 2.37. The van der Waals surface area contributed by atoms with Gasteiger partial charge in [0.1, 0.15) is 11.2 Å². The summed E-state index contributed by atoms with van der Waals surface area (Å²) >= 11 is 0. The number of hydrogen-bond acceptors (Lipinski definition) is 3. The number of esters is 1. The van der Waals surface area contributed by atoms with E-state index in [1.54, 1.807) is 6.20 Å². The fraction of sp³-hybridized carbons (Fsp3) is 0.467. The minimum Gasteiger partial charge on any atom is -0.456 e. The van der Waals surface area contributed by atoms with Gasteiger partial charge in [0.15, 0.2) is 0 Å². The van der Waals surface area contributed by atoms with Gasteiger partial charge in [-0.2, -0.15) is 0 Å². The molecule has 0 saturated heterocycles. The molecule has 0 aliphatic carbocycles. The average Bonchev–Trinajstić information content (AvgIpc) is 2.63. The largest absolute Gasteiger partial charge is 0.456 e. The number of aromatic nitrogens is 2. The van der Waals surface area contributed by atoms with Gasteiger partial charge < -0.3 is 9.72 Å². The lowest BCUT2D eigenvalue weighted by atomic mass is 10.0. The Labute approximate surface area is 113 Å². The van der Waals surface area contributed by atoms with Gasteiger partial charge in [0.2, 0.25) is 0 Å². The van der Waals surface area contributed by atoms with Crippen LogP contribution in [0, 0.1) is 6.92 Å². The number of H-pyrrole nitrogens is 1. The molecular formula is C15H20N2O2. The molecule has 2 aromatic heterocycles. The van der Waals surface area contributed by atoms with Gasteiger partial charge in [0.05, 0.1) is 5.56 Å². The van der Waals surface area contributed by atoms with Gasteiger partial charge in [-0.1, -0.05) is 13.3 Å². The van der Waals surface area contributed by atoms with E-state index in [0.29, 0.717) is 5.56 Å². The molecule has 2 aromatic rings. The molecule has 2 rings (SSSR count). The first-order chi connectivity index (χ1) is 8.94. The predicted molar refractivity (Wildman–Crippen MR) is 75.2 cm³/mol. The van der Waals surface area contributed by atoms with Crippen molar-refractivity contribution in [2.45, 2.75) is 46.1 Å². The number of aromatic amines is 1. The summed E-state index contributed by atoms with van der Waals surface area (Å²) in [5.41, 5.74) is 1.67. The summed E-state index contributed by atoms with van der Waals surface area (Å²) in [4.78, 5) is 19.7. The molecule has 4 heteroatoms. The highest BCUT2D eigenvalue weighted by molar-refractivity contribution is 6.04. The van der Waals surface area contributed by atoms with Crippen molar-refractivity contribution in [3.63, 3.8) is 0 Å². The standard InChI is InChI=1S/C15H20N2O2/c1-5-8-15(3,4)19-14(18)12-10(2)17-13-11(12)7-6-9-16-13/h6-7,9H,5,8H2,1-4H3,(H,16,17). The van der Waals surface area contributed by atoms with E-state index in [4.69, 9.17) is 4.74 Å². The number of pyridine rings is 1. The number of carbonyl (C=O) groups is 1. The van der Waals surface area contributed by atoms with E-state index in [9.17, 15) is 4.79 Å². The maximum atomic E-state index is 12.4. The Hall–Kier alpha value is -1.84. The van der Waals surface area contributed by atoms with Crippen molar-refractivity contribution in [2.24, 2.45) is 0 Å². The van der Waals surface area contributed by atoms with E-state index in [1.807, 2.05) is 32.9 Å². The van der Waals surface area contributed by atoms with E-state index < -0.39 is 5.60 Å². The first-order valence-corrected chi connectivity index (χ1v) is 6.61. The molecule has 0 saturated carbocycles.